The van der Waals surface area contributed by atoms with Gasteiger partial charge in [0.2, 0.25) is 5.95 Å². The number of ether oxygens (including phenoxy) is 1. The third kappa shape index (κ3) is 3.00. The number of morpholine rings is 1. The van der Waals surface area contributed by atoms with E-state index in [1.165, 1.54) is 18.2 Å². The number of aromatic nitrogens is 4. The van der Waals surface area contributed by atoms with Crippen molar-refractivity contribution >= 4 is 5.95 Å². The third-order valence-corrected chi connectivity index (χ3v) is 7.20. The van der Waals surface area contributed by atoms with Crippen LogP contribution in [0.15, 0.2) is 36.5 Å². The highest BCUT2D eigenvalue weighted by Gasteiger charge is 2.49. The number of halogens is 2. The largest absolute Gasteiger partial charge is 0.378 e. The van der Waals surface area contributed by atoms with E-state index in [0.29, 0.717) is 25.1 Å². The van der Waals surface area contributed by atoms with E-state index in [1.807, 2.05) is 18.3 Å². The fraction of sp³-hybridized carbons (Fsp3) is 0.417. The monoisotopic (exact) mass is 435 g/mol. The van der Waals surface area contributed by atoms with E-state index in [0.717, 1.165) is 55.7 Å². The number of nitrogens with zero attached hydrogens (tertiary/aromatic N) is 5. The van der Waals surface area contributed by atoms with Gasteiger partial charge in [0, 0.05) is 19.3 Å². The molecule has 0 atom stereocenters. The van der Waals surface area contributed by atoms with Gasteiger partial charge in [-0.1, -0.05) is 6.07 Å². The van der Waals surface area contributed by atoms with Crippen LogP contribution in [-0.2, 0) is 10.2 Å². The molecule has 0 spiro atoms. The molecule has 0 unspecified atom stereocenters. The van der Waals surface area contributed by atoms with Crippen molar-refractivity contribution in [2.24, 2.45) is 0 Å². The second-order valence-electron chi connectivity index (χ2n) is 8.83. The molecule has 3 aromatic rings. The molecule has 3 aliphatic carbocycles. The SMILES string of the molecule is Fc1cccc(F)c1-c1cc2c(nn1)[C@]1(c3ccnc(N4CCOCC4)n3)CC[C@H]2CC1. The summed E-state index contributed by atoms with van der Waals surface area (Å²) in [5, 5.41) is 8.86. The maximum atomic E-state index is 14.4. The molecule has 0 radical (unpaired) electrons. The molecule has 0 amide bonds. The first-order valence-corrected chi connectivity index (χ1v) is 11.1. The standard InChI is InChI=1S/C24H23F2N5O/c25-17-2-1-3-18(26)21(17)19-14-16-15-4-7-24(8-5-15,22(16)30-29-19)20-6-9-27-23(28-20)31-10-12-32-13-11-31/h1-3,6,9,14-15H,4-5,7-8,10-13H2/t15-,24+. The summed E-state index contributed by atoms with van der Waals surface area (Å²) in [5.74, 6) is -0.203. The van der Waals surface area contributed by atoms with Gasteiger partial charge in [-0.25, -0.2) is 18.7 Å². The van der Waals surface area contributed by atoms with Crippen molar-refractivity contribution < 1.29 is 13.5 Å². The van der Waals surface area contributed by atoms with Crippen molar-refractivity contribution in [3.63, 3.8) is 0 Å². The summed E-state index contributed by atoms with van der Waals surface area (Å²) >= 11 is 0. The summed E-state index contributed by atoms with van der Waals surface area (Å²) in [5.41, 5.74) is 2.68. The van der Waals surface area contributed by atoms with Gasteiger partial charge >= 0.3 is 0 Å². The van der Waals surface area contributed by atoms with Crippen LogP contribution in [0.4, 0.5) is 14.7 Å². The molecule has 2 fully saturated rings. The number of hydrogen-bond acceptors (Lipinski definition) is 6. The molecule has 2 bridgehead atoms. The van der Waals surface area contributed by atoms with Crippen molar-refractivity contribution in [1.82, 2.24) is 20.2 Å². The lowest BCUT2D eigenvalue weighted by Gasteiger charge is -2.46. The van der Waals surface area contributed by atoms with Gasteiger partial charge in [-0.2, -0.15) is 5.10 Å². The van der Waals surface area contributed by atoms with Crippen LogP contribution in [0.3, 0.4) is 0 Å². The number of rotatable bonds is 3. The van der Waals surface area contributed by atoms with E-state index < -0.39 is 11.6 Å². The van der Waals surface area contributed by atoms with E-state index in [-0.39, 0.29) is 16.7 Å². The van der Waals surface area contributed by atoms with Crippen LogP contribution < -0.4 is 4.90 Å². The Morgan fingerprint density at radius 3 is 2.50 bits per heavy atom. The van der Waals surface area contributed by atoms with Gasteiger partial charge in [0.1, 0.15) is 11.6 Å². The van der Waals surface area contributed by atoms with E-state index in [2.05, 4.69) is 20.1 Å². The molecule has 4 aliphatic rings. The molecule has 164 valence electrons. The molecule has 32 heavy (non-hydrogen) atoms. The summed E-state index contributed by atoms with van der Waals surface area (Å²) < 4.78 is 34.2. The molecule has 1 saturated carbocycles. The highest BCUT2D eigenvalue weighted by atomic mass is 19.1. The quantitative estimate of drug-likeness (QED) is 0.620. The van der Waals surface area contributed by atoms with E-state index >= 15 is 0 Å². The number of anilines is 1. The van der Waals surface area contributed by atoms with Gasteiger partial charge in [-0.3, -0.25) is 0 Å². The summed E-state index contributed by atoms with van der Waals surface area (Å²) in [4.78, 5) is 11.6. The molecule has 8 heteroatoms. The Balaban J connectivity index is 1.44. The minimum atomic E-state index is -0.624. The first-order valence-electron chi connectivity index (χ1n) is 11.1. The topological polar surface area (TPSA) is 64.0 Å². The molecular formula is C24H23F2N5O. The van der Waals surface area contributed by atoms with Crippen LogP contribution in [-0.4, -0.2) is 46.5 Å². The maximum absolute atomic E-state index is 14.4. The predicted molar refractivity (Wildman–Crippen MR) is 114 cm³/mol. The van der Waals surface area contributed by atoms with Crippen LogP contribution in [0.1, 0.15) is 48.6 Å². The van der Waals surface area contributed by atoms with E-state index in [1.54, 1.807) is 0 Å². The average Bonchev–Trinajstić information content (AvgIpc) is 2.85. The van der Waals surface area contributed by atoms with Crippen molar-refractivity contribution in [1.29, 1.82) is 0 Å². The lowest BCUT2D eigenvalue weighted by molar-refractivity contribution is 0.122. The Kier molecular flexibility index (Phi) is 4.64. The van der Waals surface area contributed by atoms with Gasteiger partial charge in [-0.15, -0.1) is 5.10 Å². The molecule has 1 saturated heterocycles. The third-order valence-electron chi connectivity index (χ3n) is 7.20. The number of hydrogen-bond donors (Lipinski definition) is 0. The second-order valence-corrected chi connectivity index (χ2v) is 8.83. The minimum absolute atomic E-state index is 0.116. The number of benzene rings is 1. The molecule has 6 nitrogen and oxygen atoms in total. The van der Waals surface area contributed by atoms with E-state index in [9.17, 15) is 8.78 Å². The Hall–Kier alpha value is -3.00. The van der Waals surface area contributed by atoms with Gasteiger partial charge < -0.3 is 9.64 Å². The highest BCUT2D eigenvalue weighted by molar-refractivity contribution is 5.62. The zero-order chi connectivity index (χ0) is 21.7. The molecule has 1 aliphatic heterocycles. The predicted octanol–water partition coefficient (Wildman–Crippen LogP) is 4.01. The molecule has 0 N–H and O–H groups in total. The van der Waals surface area contributed by atoms with Crippen molar-refractivity contribution in [3.05, 3.63) is 65.1 Å². The summed E-state index contributed by atoms with van der Waals surface area (Å²) in [6, 6.07) is 7.68. The summed E-state index contributed by atoms with van der Waals surface area (Å²) in [6.45, 7) is 2.88. The number of fused-ring (bicyclic) bond motifs is 2. The van der Waals surface area contributed by atoms with Gasteiger partial charge in [0.05, 0.1) is 41.3 Å². The summed E-state index contributed by atoms with van der Waals surface area (Å²) in [6.07, 6.45) is 5.68. The average molecular weight is 435 g/mol. The Labute approximate surface area is 184 Å². The van der Waals surface area contributed by atoms with Crippen LogP contribution in [0.2, 0.25) is 0 Å². The summed E-state index contributed by atoms with van der Waals surface area (Å²) in [7, 11) is 0. The van der Waals surface area contributed by atoms with Crippen LogP contribution in [0, 0.1) is 11.6 Å². The first kappa shape index (κ1) is 19.7. The van der Waals surface area contributed by atoms with Crippen LogP contribution in [0.5, 0.6) is 0 Å². The lowest BCUT2D eigenvalue weighted by Crippen LogP contribution is -2.42. The van der Waals surface area contributed by atoms with Gasteiger partial charge in [0.15, 0.2) is 0 Å². The Morgan fingerprint density at radius 2 is 1.75 bits per heavy atom. The second kappa shape index (κ2) is 7.55. The maximum Gasteiger partial charge on any atom is 0.225 e. The Morgan fingerprint density at radius 1 is 1.00 bits per heavy atom. The van der Waals surface area contributed by atoms with Crippen LogP contribution in [0.25, 0.3) is 11.3 Å². The molecule has 2 aromatic heterocycles. The fourth-order valence-corrected chi connectivity index (χ4v) is 5.52. The fourth-order valence-electron chi connectivity index (χ4n) is 5.52. The molecular weight excluding hydrogens is 412 g/mol. The zero-order valence-corrected chi connectivity index (χ0v) is 17.6. The van der Waals surface area contributed by atoms with Crippen molar-refractivity contribution in [2.75, 3.05) is 31.2 Å². The zero-order valence-electron chi connectivity index (χ0n) is 17.6. The van der Waals surface area contributed by atoms with Gasteiger partial charge in [0.25, 0.3) is 0 Å². The normalized spacial score (nSPS) is 24.4. The van der Waals surface area contributed by atoms with Crippen LogP contribution >= 0.6 is 0 Å². The molecule has 1 aromatic carbocycles. The van der Waals surface area contributed by atoms with Gasteiger partial charge in [-0.05, 0) is 61.4 Å². The molecule has 3 heterocycles. The highest BCUT2D eigenvalue weighted by Crippen LogP contribution is 2.55. The minimum Gasteiger partial charge on any atom is -0.378 e. The first-order chi connectivity index (χ1) is 15.7. The Bertz CT molecular complexity index is 1150. The lowest BCUT2D eigenvalue weighted by atomic mass is 9.58. The molecule has 7 rings (SSSR count). The van der Waals surface area contributed by atoms with Crippen molar-refractivity contribution in [3.8, 4) is 11.3 Å². The smallest absolute Gasteiger partial charge is 0.225 e. The van der Waals surface area contributed by atoms with E-state index in [4.69, 9.17) is 9.72 Å². The van der Waals surface area contributed by atoms with Crippen molar-refractivity contribution in [2.45, 2.75) is 37.0 Å².